The first-order valence-corrected chi connectivity index (χ1v) is 7.17. The first-order chi connectivity index (χ1) is 8.92. The van der Waals surface area contributed by atoms with Gasteiger partial charge in [-0.05, 0) is 37.6 Å². The molecular formula is C14H24N2O3. The largest absolute Gasteiger partial charge is 0.481 e. The second kappa shape index (κ2) is 5.49. The van der Waals surface area contributed by atoms with Gasteiger partial charge in [0, 0.05) is 12.6 Å². The summed E-state index contributed by atoms with van der Waals surface area (Å²) in [6, 6.07) is -0.292. The number of nitrogens with one attached hydrogen (secondary N) is 1. The Morgan fingerprint density at radius 2 is 2.11 bits per heavy atom. The fourth-order valence-corrected chi connectivity index (χ4v) is 3.34. The number of hydrogen-bond acceptors (Lipinski definition) is 3. The van der Waals surface area contributed by atoms with E-state index in [1.807, 2.05) is 0 Å². The number of carbonyl (C=O) groups is 2. The zero-order valence-corrected chi connectivity index (χ0v) is 11.8. The smallest absolute Gasteiger partial charge is 0.305 e. The SMILES string of the molecule is CC1(C)CCCNC1C(=O)N1CCCC1CC(=O)O. The van der Waals surface area contributed by atoms with E-state index >= 15 is 0 Å². The van der Waals surface area contributed by atoms with Gasteiger partial charge in [-0.1, -0.05) is 13.8 Å². The van der Waals surface area contributed by atoms with Crippen LogP contribution in [0, 0.1) is 5.41 Å². The molecular weight excluding hydrogens is 244 g/mol. The third-order valence-corrected chi connectivity index (χ3v) is 4.45. The summed E-state index contributed by atoms with van der Waals surface area (Å²) in [7, 11) is 0. The summed E-state index contributed by atoms with van der Waals surface area (Å²) in [4.78, 5) is 25.3. The summed E-state index contributed by atoms with van der Waals surface area (Å²) in [6.45, 7) is 5.80. The minimum absolute atomic E-state index is 0.0499. The number of hydrogen-bond donors (Lipinski definition) is 2. The highest BCUT2D eigenvalue weighted by Gasteiger charge is 2.42. The van der Waals surface area contributed by atoms with Gasteiger partial charge >= 0.3 is 5.97 Å². The summed E-state index contributed by atoms with van der Waals surface area (Å²) in [6.07, 6.45) is 3.92. The molecule has 108 valence electrons. The molecule has 2 aliphatic rings. The second-order valence-electron chi connectivity index (χ2n) is 6.40. The lowest BCUT2D eigenvalue weighted by molar-refractivity contribution is -0.142. The Labute approximate surface area is 114 Å². The van der Waals surface area contributed by atoms with Crippen LogP contribution in [-0.2, 0) is 9.59 Å². The van der Waals surface area contributed by atoms with Crippen molar-refractivity contribution in [3.8, 4) is 0 Å². The second-order valence-corrected chi connectivity index (χ2v) is 6.40. The van der Waals surface area contributed by atoms with Gasteiger partial charge in [0.25, 0.3) is 0 Å². The van der Waals surface area contributed by atoms with Gasteiger partial charge < -0.3 is 15.3 Å². The highest BCUT2D eigenvalue weighted by atomic mass is 16.4. The Bertz CT molecular complexity index is 368. The predicted octanol–water partition coefficient (Wildman–Crippen LogP) is 1.23. The molecule has 2 fully saturated rings. The summed E-state index contributed by atoms with van der Waals surface area (Å²) >= 11 is 0. The predicted molar refractivity (Wildman–Crippen MR) is 71.8 cm³/mol. The quantitative estimate of drug-likeness (QED) is 0.807. The van der Waals surface area contributed by atoms with Crippen molar-refractivity contribution in [2.75, 3.05) is 13.1 Å². The molecule has 0 radical (unpaired) electrons. The van der Waals surface area contributed by atoms with Gasteiger partial charge in [0.2, 0.25) is 5.91 Å². The number of piperidine rings is 1. The number of likely N-dealkylation sites (tertiary alicyclic amines) is 1. The molecule has 1 amide bonds. The molecule has 0 aromatic rings. The molecule has 2 heterocycles. The van der Waals surface area contributed by atoms with E-state index in [9.17, 15) is 9.59 Å². The van der Waals surface area contributed by atoms with Gasteiger partial charge in [0.1, 0.15) is 0 Å². The van der Waals surface area contributed by atoms with Crippen LogP contribution >= 0.6 is 0 Å². The van der Waals surface area contributed by atoms with Gasteiger partial charge in [0.05, 0.1) is 12.5 Å². The van der Waals surface area contributed by atoms with Gasteiger partial charge in [0.15, 0.2) is 0 Å². The Morgan fingerprint density at radius 1 is 1.37 bits per heavy atom. The van der Waals surface area contributed by atoms with Crippen LogP contribution < -0.4 is 5.32 Å². The number of nitrogens with zero attached hydrogens (tertiary/aromatic N) is 1. The third-order valence-electron chi connectivity index (χ3n) is 4.45. The number of carboxylic acid groups (broad SMARTS) is 1. The molecule has 2 aliphatic heterocycles. The number of rotatable bonds is 3. The van der Waals surface area contributed by atoms with Crippen molar-refractivity contribution < 1.29 is 14.7 Å². The number of carbonyl (C=O) groups excluding carboxylic acids is 1. The van der Waals surface area contributed by atoms with Gasteiger partial charge in [-0.15, -0.1) is 0 Å². The normalized spacial score (nSPS) is 30.3. The summed E-state index contributed by atoms with van der Waals surface area (Å²) in [5.41, 5.74) is -0.0499. The maximum atomic E-state index is 12.7. The molecule has 2 atom stereocenters. The average molecular weight is 268 g/mol. The van der Waals surface area contributed by atoms with Gasteiger partial charge in [-0.25, -0.2) is 0 Å². The molecule has 5 heteroatoms. The van der Waals surface area contributed by atoms with Crippen molar-refractivity contribution in [2.45, 2.75) is 58.0 Å². The van der Waals surface area contributed by atoms with Crippen LogP contribution in [0.5, 0.6) is 0 Å². The first kappa shape index (κ1) is 14.3. The van der Waals surface area contributed by atoms with Crippen LogP contribution in [-0.4, -0.2) is 47.1 Å². The van der Waals surface area contributed by atoms with Crippen molar-refractivity contribution in [2.24, 2.45) is 5.41 Å². The molecule has 0 spiro atoms. The van der Waals surface area contributed by atoms with E-state index in [0.29, 0.717) is 6.54 Å². The first-order valence-electron chi connectivity index (χ1n) is 7.17. The fraction of sp³-hybridized carbons (Fsp3) is 0.857. The highest BCUT2D eigenvalue weighted by Crippen LogP contribution is 2.33. The van der Waals surface area contributed by atoms with E-state index in [0.717, 1.165) is 32.2 Å². The van der Waals surface area contributed by atoms with Crippen molar-refractivity contribution in [3.05, 3.63) is 0 Å². The van der Waals surface area contributed by atoms with Crippen molar-refractivity contribution in [3.63, 3.8) is 0 Å². The van der Waals surface area contributed by atoms with Crippen LogP contribution in [0.2, 0.25) is 0 Å². The highest BCUT2D eigenvalue weighted by molar-refractivity contribution is 5.84. The molecule has 2 N–H and O–H groups in total. The van der Waals surface area contributed by atoms with Crippen molar-refractivity contribution in [1.82, 2.24) is 10.2 Å². The lowest BCUT2D eigenvalue weighted by atomic mass is 9.77. The minimum atomic E-state index is -0.819. The zero-order chi connectivity index (χ0) is 14.0. The number of amides is 1. The Hall–Kier alpha value is -1.10. The van der Waals surface area contributed by atoms with Crippen LogP contribution in [0.3, 0.4) is 0 Å². The maximum Gasteiger partial charge on any atom is 0.305 e. The van der Waals surface area contributed by atoms with Crippen LogP contribution in [0.25, 0.3) is 0 Å². The van der Waals surface area contributed by atoms with E-state index in [1.54, 1.807) is 4.90 Å². The summed E-state index contributed by atoms with van der Waals surface area (Å²) in [5, 5.41) is 12.3. The van der Waals surface area contributed by atoms with Crippen LogP contribution in [0.15, 0.2) is 0 Å². The molecule has 0 aliphatic carbocycles. The van der Waals surface area contributed by atoms with Crippen LogP contribution in [0.4, 0.5) is 0 Å². The average Bonchev–Trinajstić information content (AvgIpc) is 2.75. The molecule has 0 aromatic heterocycles. The minimum Gasteiger partial charge on any atom is -0.481 e. The third kappa shape index (κ3) is 3.08. The molecule has 0 saturated carbocycles. The Morgan fingerprint density at radius 3 is 2.74 bits per heavy atom. The summed E-state index contributed by atoms with van der Waals surface area (Å²) in [5.74, 6) is -0.728. The maximum absolute atomic E-state index is 12.7. The van der Waals surface area contributed by atoms with E-state index in [-0.39, 0.29) is 29.8 Å². The van der Waals surface area contributed by atoms with Crippen LogP contribution in [0.1, 0.15) is 46.0 Å². The summed E-state index contributed by atoms with van der Waals surface area (Å²) < 4.78 is 0. The molecule has 0 bridgehead atoms. The van der Waals surface area contributed by atoms with Gasteiger partial charge in [-0.2, -0.15) is 0 Å². The number of carboxylic acids is 1. The van der Waals surface area contributed by atoms with E-state index in [2.05, 4.69) is 19.2 Å². The van der Waals surface area contributed by atoms with Crippen molar-refractivity contribution >= 4 is 11.9 Å². The standard InChI is InChI=1S/C14H24N2O3/c1-14(2)6-4-7-15-12(14)13(19)16-8-3-5-10(16)9-11(17)18/h10,12,15H,3-9H2,1-2H3,(H,17,18). The lowest BCUT2D eigenvalue weighted by Gasteiger charge is -2.41. The zero-order valence-electron chi connectivity index (χ0n) is 11.8. The molecule has 5 nitrogen and oxygen atoms in total. The van der Waals surface area contributed by atoms with Gasteiger partial charge in [-0.3, -0.25) is 9.59 Å². The van der Waals surface area contributed by atoms with E-state index < -0.39 is 5.97 Å². The molecule has 2 unspecified atom stereocenters. The fourth-order valence-electron chi connectivity index (χ4n) is 3.34. The molecule has 2 rings (SSSR count). The molecule has 2 saturated heterocycles. The lowest BCUT2D eigenvalue weighted by Crippen LogP contribution is -2.57. The Balaban J connectivity index is 2.07. The monoisotopic (exact) mass is 268 g/mol. The topological polar surface area (TPSA) is 69.6 Å². The number of aliphatic carboxylic acids is 1. The van der Waals surface area contributed by atoms with E-state index in [4.69, 9.17) is 5.11 Å². The van der Waals surface area contributed by atoms with Crippen molar-refractivity contribution in [1.29, 1.82) is 0 Å². The molecule has 0 aromatic carbocycles. The Kier molecular flexibility index (Phi) is 4.13. The molecule has 19 heavy (non-hydrogen) atoms. The van der Waals surface area contributed by atoms with E-state index in [1.165, 1.54) is 0 Å².